The van der Waals surface area contributed by atoms with Gasteiger partial charge in [-0.25, -0.2) is 4.98 Å². The summed E-state index contributed by atoms with van der Waals surface area (Å²) in [4.78, 5) is 32.9. The number of aryl methyl sites for hydroxylation is 1. The predicted octanol–water partition coefficient (Wildman–Crippen LogP) is 4.60. The third-order valence-electron chi connectivity index (χ3n) is 6.16. The van der Waals surface area contributed by atoms with Crippen LogP contribution in [-0.2, 0) is 10.3 Å². The van der Waals surface area contributed by atoms with Crippen LogP contribution in [0.2, 0.25) is 0 Å². The SMILES string of the molecule is COC[C@H]1CCCN1C(=O)c1cn(C(C)(C)C)c2nc(NC(=O)c3ccc(C)cc3)ccc12. The summed E-state index contributed by atoms with van der Waals surface area (Å²) in [7, 11) is 1.67. The van der Waals surface area contributed by atoms with Crippen molar-refractivity contribution in [2.75, 3.05) is 25.6 Å². The van der Waals surface area contributed by atoms with Crippen molar-refractivity contribution in [3.05, 3.63) is 59.3 Å². The number of pyridine rings is 1. The zero-order valence-corrected chi connectivity index (χ0v) is 20.0. The van der Waals surface area contributed by atoms with Crippen molar-refractivity contribution in [2.45, 2.75) is 52.1 Å². The molecule has 33 heavy (non-hydrogen) atoms. The van der Waals surface area contributed by atoms with Gasteiger partial charge in [0.05, 0.1) is 18.2 Å². The fourth-order valence-electron chi connectivity index (χ4n) is 4.37. The lowest BCUT2D eigenvalue weighted by atomic mass is 10.1. The number of benzene rings is 1. The Labute approximate surface area is 194 Å². The van der Waals surface area contributed by atoms with E-state index in [4.69, 9.17) is 9.72 Å². The minimum Gasteiger partial charge on any atom is -0.383 e. The Bertz CT molecular complexity index is 1170. The number of carbonyl (C=O) groups is 2. The number of hydrogen-bond acceptors (Lipinski definition) is 4. The molecule has 0 aliphatic carbocycles. The van der Waals surface area contributed by atoms with E-state index in [1.54, 1.807) is 25.3 Å². The van der Waals surface area contributed by atoms with Crippen LogP contribution in [0.25, 0.3) is 11.0 Å². The highest BCUT2D eigenvalue weighted by atomic mass is 16.5. The molecule has 3 aromatic rings. The topological polar surface area (TPSA) is 76.5 Å². The predicted molar refractivity (Wildman–Crippen MR) is 130 cm³/mol. The zero-order valence-electron chi connectivity index (χ0n) is 20.0. The first kappa shape index (κ1) is 23.0. The van der Waals surface area contributed by atoms with Gasteiger partial charge in [0.1, 0.15) is 11.5 Å². The molecule has 0 spiro atoms. The molecule has 1 saturated heterocycles. The van der Waals surface area contributed by atoms with E-state index in [0.717, 1.165) is 30.3 Å². The van der Waals surface area contributed by atoms with Gasteiger partial charge in [-0.05, 0) is 64.8 Å². The molecule has 2 aromatic heterocycles. The normalized spacial score (nSPS) is 16.4. The number of aromatic nitrogens is 2. The van der Waals surface area contributed by atoms with Gasteiger partial charge < -0.3 is 19.5 Å². The van der Waals surface area contributed by atoms with Gasteiger partial charge in [0, 0.05) is 36.3 Å². The number of amides is 2. The summed E-state index contributed by atoms with van der Waals surface area (Å²) in [5.41, 5.74) is 2.68. The number of fused-ring (bicyclic) bond motifs is 1. The molecule has 2 amide bonds. The number of hydrogen-bond donors (Lipinski definition) is 1. The lowest BCUT2D eigenvalue weighted by Crippen LogP contribution is -2.38. The molecule has 1 N–H and O–H groups in total. The number of likely N-dealkylation sites (tertiary alicyclic amines) is 1. The molecular formula is C26H32N4O3. The van der Waals surface area contributed by atoms with Crippen LogP contribution in [0.15, 0.2) is 42.6 Å². The van der Waals surface area contributed by atoms with Crippen LogP contribution in [0.3, 0.4) is 0 Å². The van der Waals surface area contributed by atoms with Gasteiger partial charge in [0.2, 0.25) is 0 Å². The first-order valence-corrected chi connectivity index (χ1v) is 11.4. The Morgan fingerprint density at radius 3 is 2.55 bits per heavy atom. The van der Waals surface area contributed by atoms with Gasteiger partial charge in [-0.2, -0.15) is 0 Å². The average Bonchev–Trinajstić information content (AvgIpc) is 3.38. The van der Waals surface area contributed by atoms with Crippen molar-refractivity contribution in [3.63, 3.8) is 0 Å². The maximum Gasteiger partial charge on any atom is 0.256 e. The second-order valence-corrected chi connectivity index (χ2v) is 9.72. The van der Waals surface area contributed by atoms with Crippen molar-refractivity contribution in [3.8, 4) is 0 Å². The van der Waals surface area contributed by atoms with Crippen molar-refractivity contribution in [1.82, 2.24) is 14.5 Å². The van der Waals surface area contributed by atoms with Crippen LogP contribution in [0.4, 0.5) is 5.82 Å². The molecule has 1 aliphatic rings. The van der Waals surface area contributed by atoms with E-state index in [1.165, 1.54) is 0 Å². The Balaban J connectivity index is 1.70. The third kappa shape index (κ3) is 4.64. The standard InChI is InChI=1S/C26H32N4O3/c1-17-8-10-18(11-9-17)24(31)28-22-13-12-20-21(15-30(23(20)27-22)26(2,3)4)25(32)29-14-6-7-19(29)16-33-5/h8-13,15,19H,6-7,14,16H2,1-5H3,(H,27,28,31)/t19-/m1/s1. The van der Waals surface area contributed by atoms with Gasteiger partial charge in [-0.3, -0.25) is 9.59 Å². The second-order valence-electron chi connectivity index (χ2n) is 9.72. The van der Waals surface area contributed by atoms with Crippen molar-refractivity contribution >= 4 is 28.7 Å². The van der Waals surface area contributed by atoms with Crippen molar-refractivity contribution in [2.24, 2.45) is 0 Å². The van der Waals surface area contributed by atoms with Crippen LogP contribution in [0.5, 0.6) is 0 Å². The summed E-state index contributed by atoms with van der Waals surface area (Å²) in [6.45, 7) is 9.47. The smallest absolute Gasteiger partial charge is 0.256 e. The quantitative estimate of drug-likeness (QED) is 0.619. The molecule has 1 atom stereocenters. The number of ether oxygens (including phenoxy) is 1. The number of nitrogens with zero attached hydrogens (tertiary/aromatic N) is 3. The fraction of sp³-hybridized carbons (Fsp3) is 0.423. The Morgan fingerprint density at radius 2 is 1.88 bits per heavy atom. The molecule has 0 radical (unpaired) electrons. The summed E-state index contributed by atoms with van der Waals surface area (Å²) in [6, 6.07) is 11.1. The molecule has 0 unspecified atom stereocenters. The van der Waals surface area contributed by atoms with Crippen LogP contribution >= 0.6 is 0 Å². The van der Waals surface area contributed by atoms with Crippen molar-refractivity contribution in [1.29, 1.82) is 0 Å². The first-order chi connectivity index (χ1) is 15.7. The molecular weight excluding hydrogens is 416 g/mol. The van der Waals surface area contributed by atoms with E-state index in [9.17, 15) is 9.59 Å². The highest BCUT2D eigenvalue weighted by Crippen LogP contribution is 2.30. The molecule has 1 fully saturated rings. The summed E-state index contributed by atoms with van der Waals surface area (Å²) < 4.78 is 7.35. The van der Waals surface area contributed by atoms with Gasteiger partial charge in [-0.1, -0.05) is 17.7 Å². The maximum absolute atomic E-state index is 13.5. The largest absolute Gasteiger partial charge is 0.383 e. The van der Waals surface area contributed by atoms with E-state index < -0.39 is 0 Å². The molecule has 7 heteroatoms. The average molecular weight is 449 g/mol. The number of rotatable bonds is 5. The van der Waals surface area contributed by atoms with Crippen LogP contribution in [-0.4, -0.2) is 52.6 Å². The monoisotopic (exact) mass is 448 g/mol. The first-order valence-electron chi connectivity index (χ1n) is 11.4. The Hall–Kier alpha value is -3.19. The van der Waals surface area contributed by atoms with Gasteiger partial charge in [0.15, 0.2) is 0 Å². The van der Waals surface area contributed by atoms with E-state index in [1.807, 2.05) is 40.8 Å². The summed E-state index contributed by atoms with van der Waals surface area (Å²) >= 11 is 0. The minimum atomic E-state index is -0.291. The molecule has 174 valence electrons. The van der Waals surface area contributed by atoms with Gasteiger partial charge in [0.25, 0.3) is 11.8 Å². The number of carbonyl (C=O) groups excluding carboxylic acids is 2. The molecule has 3 heterocycles. The minimum absolute atomic E-state index is 0.000732. The fourth-order valence-corrected chi connectivity index (χ4v) is 4.37. The molecule has 7 nitrogen and oxygen atoms in total. The van der Waals surface area contributed by atoms with Crippen LogP contribution in [0.1, 0.15) is 59.9 Å². The summed E-state index contributed by atoms with van der Waals surface area (Å²) in [6.07, 6.45) is 3.82. The molecule has 1 aliphatic heterocycles. The highest BCUT2D eigenvalue weighted by Gasteiger charge is 2.32. The summed E-state index contributed by atoms with van der Waals surface area (Å²) in [5, 5.41) is 3.67. The maximum atomic E-state index is 13.5. The van der Waals surface area contributed by atoms with E-state index in [-0.39, 0.29) is 23.4 Å². The molecule has 0 bridgehead atoms. The lowest BCUT2D eigenvalue weighted by molar-refractivity contribution is 0.0632. The van der Waals surface area contributed by atoms with E-state index in [2.05, 4.69) is 26.1 Å². The molecule has 0 saturated carbocycles. The zero-order chi connectivity index (χ0) is 23.8. The van der Waals surface area contributed by atoms with E-state index >= 15 is 0 Å². The van der Waals surface area contributed by atoms with Crippen LogP contribution < -0.4 is 5.32 Å². The number of anilines is 1. The Morgan fingerprint density at radius 1 is 1.15 bits per heavy atom. The highest BCUT2D eigenvalue weighted by molar-refractivity contribution is 6.08. The summed E-state index contributed by atoms with van der Waals surface area (Å²) in [5.74, 6) is 0.237. The molecule has 1 aromatic carbocycles. The van der Waals surface area contributed by atoms with Gasteiger partial charge >= 0.3 is 0 Å². The van der Waals surface area contributed by atoms with Crippen LogP contribution in [0, 0.1) is 6.92 Å². The Kier molecular flexibility index (Phi) is 6.26. The third-order valence-corrected chi connectivity index (χ3v) is 6.16. The number of methoxy groups -OCH3 is 1. The van der Waals surface area contributed by atoms with Gasteiger partial charge in [-0.15, -0.1) is 0 Å². The molecule has 4 rings (SSSR count). The van der Waals surface area contributed by atoms with E-state index in [0.29, 0.717) is 29.2 Å². The lowest BCUT2D eigenvalue weighted by Gasteiger charge is -2.24. The second kappa shape index (κ2) is 8.98. The van der Waals surface area contributed by atoms with Crippen molar-refractivity contribution < 1.29 is 14.3 Å². The number of nitrogens with one attached hydrogen (secondary N) is 1.